The van der Waals surface area contributed by atoms with Gasteiger partial charge in [-0.25, -0.2) is 9.78 Å². The number of hydrogen-bond donors (Lipinski definition) is 1. The minimum Gasteiger partial charge on any atom is -0.487 e. The Balaban J connectivity index is 2.17. The van der Waals surface area contributed by atoms with Crippen molar-refractivity contribution in [3.05, 3.63) is 57.8 Å². The Morgan fingerprint density at radius 3 is 2.79 bits per heavy atom. The van der Waals surface area contributed by atoms with Crippen molar-refractivity contribution in [2.45, 2.75) is 6.61 Å². The number of halogens is 2. The van der Waals surface area contributed by atoms with E-state index in [-0.39, 0.29) is 12.3 Å². The van der Waals surface area contributed by atoms with Crippen molar-refractivity contribution in [3.63, 3.8) is 0 Å². The highest BCUT2D eigenvalue weighted by atomic mass is 35.5. The molecule has 0 aliphatic rings. The zero-order chi connectivity index (χ0) is 13.8. The number of pyridine rings is 1. The SMILES string of the molecule is O=C(O)c1ncccc1COc1ccc(Cl)cc1Cl. The van der Waals surface area contributed by atoms with E-state index in [0.717, 1.165) is 0 Å². The first-order valence-corrected chi connectivity index (χ1v) is 6.08. The van der Waals surface area contributed by atoms with Crippen LogP contribution in [0.5, 0.6) is 5.75 Å². The third-order valence-electron chi connectivity index (χ3n) is 2.37. The molecule has 0 amide bonds. The van der Waals surface area contributed by atoms with Crippen LogP contribution in [-0.4, -0.2) is 16.1 Å². The van der Waals surface area contributed by atoms with Crippen molar-refractivity contribution in [1.29, 1.82) is 0 Å². The second-order valence-corrected chi connectivity index (χ2v) is 4.52. The van der Waals surface area contributed by atoms with Crippen LogP contribution in [0.1, 0.15) is 16.1 Å². The molecule has 0 saturated heterocycles. The molecule has 2 aromatic rings. The van der Waals surface area contributed by atoms with Crippen LogP contribution < -0.4 is 4.74 Å². The summed E-state index contributed by atoms with van der Waals surface area (Å²) in [6.07, 6.45) is 1.42. The number of carboxylic acid groups (broad SMARTS) is 1. The largest absolute Gasteiger partial charge is 0.487 e. The summed E-state index contributed by atoms with van der Waals surface area (Å²) in [4.78, 5) is 14.8. The van der Waals surface area contributed by atoms with Crippen LogP contribution in [0.15, 0.2) is 36.5 Å². The standard InChI is InChI=1S/C13H9Cl2NO3/c14-9-3-4-11(10(15)6-9)19-7-8-2-1-5-16-12(8)13(17)18/h1-6H,7H2,(H,17,18). The van der Waals surface area contributed by atoms with Gasteiger partial charge in [0.05, 0.1) is 5.02 Å². The lowest BCUT2D eigenvalue weighted by Gasteiger charge is -2.09. The van der Waals surface area contributed by atoms with Gasteiger partial charge in [0.25, 0.3) is 0 Å². The zero-order valence-corrected chi connectivity index (χ0v) is 11.1. The predicted octanol–water partition coefficient (Wildman–Crippen LogP) is 3.67. The fourth-order valence-corrected chi connectivity index (χ4v) is 1.96. The topological polar surface area (TPSA) is 59.4 Å². The fraction of sp³-hybridized carbons (Fsp3) is 0.0769. The van der Waals surface area contributed by atoms with E-state index in [9.17, 15) is 4.79 Å². The second kappa shape index (κ2) is 5.91. The zero-order valence-electron chi connectivity index (χ0n) is 9.64. The predicted molar refractivity (Wildman–Crippen MR) is 72.0 cm³/mol. The molecule has 1 heterocycles. The number of ether oxygens (including phenoxy) is 1. The number of carboxylic acids is 1. The molecule has 4 nitrogen and oxygen atoms in total. The van der Waals surface area contributed by atoms with E-state index < -0.39 is 5.97 Å². The average molecular weight is 298 g/mol. The lowest BCUT2D eigenvalue weighted by atomic mass is 10.2. The fourth-order valence-electron chi connectivity index (χ4n) is 1.50. The average Bonchev–Trinajstić information content (AvgIpc) is 2.38. The first-order valence-electron chi connectivity index (χ1n) is 5.33. The minimum atomic E-state index is -1.10. The monoisotopic (exact) mass is 297 g/mol. The maximum absolute atomic E-state index is 11.0. The van der Waals surface area contributed by atoms with Crippen LogP contribution >= 0.6 is 23.2 Å². The van der Waals surface area contributed by atoms with Gasteiger partial charge in [-0.05, 0) is 24.3 Å². The van der Waals surface area contributed by atoms with Crippen molar-refractivity contribution >= 4 is 29.2 Å². The molecule has 0 bridgehead atoms. The number of aromatic nitrogens is 1. The maximum Gasteiger partial charge on any atom is 0.354 e. The molecule has 1 aromatic carbocycles. The molecule has 1 N–H and O–H groups in total. The van der Waals surface area contributed by atoms with E-state index in [1.807, 2.05) is 0 Å². The quantitative estimate of drug-likeness (QED) is 0.935. The van der Waals surface area contributed by atoms with Crippen molar-refractivity contribution in [1.82, 2.24) is 4.98 Å². The van der Waals surface area contributed by atoms with Gasteiger partial charge in [-0.1, -0.05) is 29.3 Å². The molecule has 0 aliphatic heterocycles. The first kappa shape index (κ1) is 13.6. The summed E-state index contributed by atoms with van der Waals surface area (Å²) in [7, 11) is 0. The van der Waals surface area contributed by atoms with Crippen LogP contribution in [0.4, 0.5) is 0 Å². The molecular weight excluding hydrogens is 289 g/mol. The van der Waals surface area contributed by atoms with Gasteiger partial charge in [-0.3, -0.25) is 0 Å². The van der Waals surface area contributed by atoms with Crippen LogP contribution in [0.2, 0.25) is 10.0 Å². The Labute approximate surface area is 119 Å². The molecule has 0 unspecified atom stereocenters. The summed E-state index contributed by atoms with van der Waals surface area (Å²) < 4.78 is 5.47. The highest BCUT2D eigenvalue weighted by Gasteiger charge is 2.12. The Morgan fingerprint density at radius 1 is 1.32 bits per heavy atom. The number of hydrogen-bond acceptors (Lipinski definition) is 3. The molecule has 0 aliphatic carbocycles. The Kier molecular flexibility index (Phi) is 4.24. The molecule has 0 spiro atoms. The van der Waals surface area contributed by atoms with Gasteiger partial charge in [0.15, 0.2) is 5.69 Å². The number of aromatic carboxylic acids is 1. The van der Waals surface area contributed by atoms with Crippen molar-refractivity contribution in [2.24, 2.45) is 0 Å². The smallest absolute Gasteiger partial charge is 0.354 e. The van der Waals surface area contributed by atoms with Gasteiger partial charge in [-0.15, -0.1) is 0 Å². The molecule has 0 saturated carbocycles. The van der Waals surface area contributed by atoms with Gasteiger partial charge in [-0.2, -0.15) is 0 Å². The van der Waals surface area contributed by atoms with E-state index in [2.05, 4.69) is 4.98 Å². The highest BCUT2D eigenvalue weighted by Crippen LogP contribution is 2.28. The number of benzene rings is 1. The summed E-state index contributed by atoms with van der Waals surface area (Å²) >= 11 is 11.7. The summed E-state index contributed by atoms with van der Waals surface area (Å²) in [6, 6.07) is 8.11. The van der Waals surface area contributed by atoms with E-state index in [1.165, 1.54) is 6.20 Å². The van der Waals surface area contributed by atoms with Crippen molar-refractivity contribution in [2.75, 3.05) is 0 Å². The highest BCUT2D eigenvalue weighted by molar-refractivity contribution is 6.35. The Morgan fingerprint density at radius 2 is 2.11 bits per heavy atom. The lowest BCUT2D eigenvalue weighted by molar-refractivity contribution is 0.0687. The molecule has 0 atom stereocenters. The van der Waals surface area contributed by atoms with Crippen LogP contribution in [-0.2, 0) is 6.61 Å². The minimum absolute atomic E-state index is 0.0346. The number of rotatable bonds is 4. The Bertz CT molecular complexity index is 617. The maximum atomic E-state index is 11.0. The Hall–Kier alpha value is -1.78. The van der Waals surface area contributed by atoms with Crippen LogP contribution in [0, 0.1) is 0 Å². The van der Waals surface area contributed by atoms with Crippen LogP contribution in [0.25, 0.3) is 0 Å². The summed E-state index contributed by atoms with van der Waals surface area (Å²) in [6.45, 7) is 0.0663. The molecule has 98 valence electrons. The summed E-state index contributed by atoms with van der Waals surface area (Å²) in [5.74, 6) is -0.660. The third kappa shape index (κ3) is 3.36. The van der Waals surface area contributed by atoms with E-state index in [1.54, 1.807) is 30.3 Å². The second-order valence-electron chi connectivity index (χ2n) is 3.68. The van der Waals surface area contributed by atoms with E-state index in [0.29, 0.717) is 21.4 Å². The third-order valence-corrected chi connectivity index (χ3v) is 2.90. The van der Waals surface area contributed by atoms with Gasteiger partial charge in [0.2, 0.25) is 0 Å². The van der Waals surface area contributed by atoms with E-state index >= 15 is 0 Å². The first-order chi connectivity index (χ1) is 9.08. The molecule has 0 fully saturated rings. The van der Waals surface area contributed by atoms with Crippen LogP contribution in [0.3, 0.4) is 0 Å². The normalized spacial score (nSPS) is 10.2. The summed E-state index contributed by atoms with van der Waals surface area (Å²) in [5.41, 5.74) is 0.439. The molecule has 2 rings (SSSR count). The van der Waals surface area contributed by atoms with Gasteiger partial charge < -0.3 is 9.84 Å². The number of nitrogens with zero attached hydrogens (tertiary/aromatic N) is 1. The molecular formula is C13H9Cl2NO3. The molecule has 19 heavy (non-hydrogen) atoms. The molecule has 1 aromatic heterocycles. The van der Waals surface area contributed by atoms with Crippen molar-refractivity contribution in [3.8, 4) is 5.75 Å². The van der Waals surface area contributed by atoms with Crippen molar-refractivity contribution < 1.29 is 14.6 Å². The molecule has 0 radical (unpaired) electrons. The van der Waals surface area contributed by atoms with Gasteiger partial charge in [0.1, 0.15) is 12.4 Å². The van der Waals surface area contributed by atoms with Gasteiger partial charge in [0, 0.05) is 16.8 Å². The molecule has 6 heteroatoms. The van der Waals surface area contributed by atoms with E-state index in [4.69, 9.17) is 33.0 Å². The van der Waals surface area contributed by atoms with Gasteiger partial charge >= 0.3 is 5.97 Å². The number of carbonyl (C=O) groups is 1. The summed E-state index contributed by atoms with van der Waals surface area (Å²) in [5, 5.41) is 9.87. The lowest BCUT2D eigenvalue weighted by Crippen LogP contribution is -2.07.